The van der Waals surface area contributed by atoms with E-state index >= 15 is 0 Å². The molecule has 0 aromatic heterocycles. The zero-order valence-electron chi connectivity index (χ0n) is 12.3. The molecular formula is C12H25NO6Si. The fourth-order valence-corrected chi connectivity index (χ4v) is 4.08. The second kappa shape index (κ2) is 10.8. The molecule has 2 atom stereocenters. The molecule has 118 valence electrons. The summed E-state index contributed by atoms with van der Waals surface area (Å²) >= 11 is 0. The third-order valence-electron chi connectivity index (χ3n) is 2.68. The van der Waals surface area contributed by atoms with Gasteiger partial charge in [0.2, 0.25) is 0 Å². The Balaban J connectivity index is 4.83. The molecule has 0 aliphatic carbocycles. The van der Waals surface area contributed by atoms with Crippen LogP contribution in [0.1, 0.15) is 40.0 Å². The summed E-state index contributed by atoms with van der Waals surface area (Å²) in [5.41, 5.74) is -0.222. The monoisotopic (exact) mass is 307 g/mol. The highest BCUT2D eigenvalue weighted by Crippen LogP contribution is 2.08. The molecule has 0 rings (SSSR count). The molecule has 20 heavy (non-hydrogen) atoms. The Morgan fingerprint density at radius 3 is 2.05 bits per heavy atom. The number of carboxylic acid groups (broad SMARTS) is 2. The van der Waals surface area contributed by atoms with Gasteiger partial charge < -0.3 is 19.1 Å². The molecule has 0 saturated carbocycles. The average molecular weight is 307 g/mol. The predicted octanol–water partition coefficient (Wildman–Crippen LogP) is 0.505. The molecule has 0 spiro atoms. The molecule has 8 heteroatoms. The molecular weight excluding hydrogens is 282 g/mol. The van der Waals surface area contributed by atoms with E-state index in [-0.39, 0.29) is 5.67 Å². The second-order valence-electron chi connectivity index (χ2n) is 4.33. The normalized spacial score (nSPS) is 14.2. The van der Waals surface area contributed by atoms with Crippen LogP contribution in [0.25, 0.3) is 0 Å². The van der Waals surface area contributed by atoms with Crippen molar-refractivity contribution in [3.8, 4) is 0 Å². The standard InChI is InChI=1S/C12H25NO6Si/c1-4-7-10(20(18-5-2)19-6-3)13-9(12(16)17)8-11(14)15/h9-10,13,20H,4-8H2,1-3H3,(H,14,15)(H,16,17). The second-order valence-corrected chi connectivity index (χ2v) is 6.54. The van der Waals surface area contributed by atoms with Crippen LogP contribution in [-0.2, 0) is 18.4 Å². The molecule has 0 fully saturated rings. The maximum absolute atomic E-state index is 11.1. The molecule has 0 aromatic carbocycles. The summed E-state index contributed by atoms with van der Waals surface area (Å²) in [6, 6.07) is -1.13. The van der Waals surface area contributed by atoms with Crippen LogP contribution in [-0.4, -0.2) is 56.4 Å². The van der Waals surface area contributed by atoms with Gasteiger partial charge in [0.1, 0.15) is 6.04 Å². The average Bonchev–Trinajstić information content (AvgIpc) is 2.36. The van der Waals surface area contributed by atoms with E-state index in [1.54, 1.807) is 0 Å². The number of hydrogen-bond donors (Lipinski definition) is 3. The van der Waals surface area contributed by atoms with Crippen LogP contribution in [0, 0.1) is 0 Å². The lowest BCUT2D eigenvalue weighted by Gasteiger charge is -2.27. The van der Waals surface area contributed by atoms with Gasteiger partial charge in [-0.3, -0.25) is 14.9 Å². The van der Waals surface area contributed by atoms with Crippen molar-refractivity contribution in [2.24, 2.45) is 0 Å². The lowest BCUT2D eigenvalue weighted by Crippen LogP contribution is -2.53. The highest BCUT2D eigenvalue weighted by molar-refractivity contribution is 6.46. The first-order chi connectivity index (χ1) is 9.46. The number of carbonyl (C=O) groups is 2. The summed E-state index contributed by atoms with van der Waals surface area (Å²) < 4.78 is 11.2. The molecule has 0 aliphatic heterocycles. The van der Waals surface area contributed by atoms with E-state index in [2.05, 4.69) is 5.32 Å². The lowest BCUT2D eigenvalue weighted by molar-refractivity contribution is -0.146. The largest absolute Gasteiger partial charge is 0.481 e. The first kappa shape index (κ1) is 19.0. The maximum Gasteiger partial charge on any atom is 0.338 e. The molecule has 0 bridgehead atoms. The van der Waals surface area contributed by atoms with E-state index in [1.807, 2.05) is 20.8 Å². The summed E-state index contributed by atoms with van der Waals surface area (Å²) in [5, 5.41) is 20.7. The highest BCUT2D eigenvalue weighted by Gasteiger charge is 2.31. The Kier molecular flexibility index (Phi) is 10.3. The van der Waals surface area contributed by atoms with E-state index in [1.165, 1.54) is 0 Å². The molecule has 0 saturated heterocycles. The first-order valence-electron chi connectivity index (χ1n) is 6.89. The topological polar surface area (TPSA) is 105 Å². The van der Waals surface area contributed by atoms with E-state index in [9.17, 15) is 9.59 Å². The highest BCUT2D eigenvalue weighted by atomic mass is 28.3. The third kappa shape index (κ3) is 7.58. The van der Waals surface area contributed by atoms with Gasteiger partial charge in [0, 0.05) is 18.9 Å². The van der Waals surface area contributed by atoms with Gasteiger partial charge in [-0.1, -0.05) is 13.3 Å². The van der Waals surface area contributed by atoms with Crippen LogP contribution >= 0.6 is 0 Å². The summed E-state index contributed by atoms with van der Waals surface area (Å²) in [5.74, 6) is -2.32. The van der Waals surface area contributed by atoms with Gasteiger partial charge in [0.25, 0.3) is 0 Å². The van der Waals surface area contributed by atoms with Gasteiger partial charge in [-0.25, -0.2) is 0 Å². The molecule has 0 radical (unpaired) electrons. The smallest absolute Gasteiger partial charge is 0.338 e. The fourth-order valence-electron chi connectivity index (χ4n) is 1.87. The van der Waals surface area contributed by atoms with Crippen molar-refractivity contribution in [1.82, 2.24) is 5.32 Å². The van der Waals surface area contributed by atoms with Gasteiger partial charge in [-0.15, -0.1) is 0 Å². The number of nitrogens with one attached hydrogen (secondary N) is 1. The van der Waals surface area contributed by atoms with Gasteiger partial charge in [-0.05, 0) is 20.3 Å². The number of carboxylic acids is 2. The minimum atomic E-state index is -2.08. The van der Waals surface area contributed by atoms with Gasteiger partial charge in [0.15, 0.2) is 0 Å². The minimum absolute atomic E-state index is 0.222. The third-order valence-corrected chi connectivity index (χ3v) is 5.19. The zero-order chi connectivity index (χ0) is 15.5. The maximum atomic E-state index is 11.1. The molecule has 0 amide bonds. The van der Waals surface area contributed by atoms with Crippen LogP contribution in [0.3, 0.4) is 0 Å². The Morgan fingerprint density at radius 1 is 1.15 bits per heavy atom. The summed E-state index contributed by atoms with van der Waals surface area (Å²) in [6.07, 6.45) is 1.07. The minimum Gasteiger partial charge on any atom is -0.481 e. The van der Waals surface area contributed by atoms with Crippen molar-refractivity contribution in [3.63, 3.8) is 0 Å². The van der Waals surface area contributed by atoms with Gasteiger partial charge in [0.05, 0.1) is 6.42 Å². The Labute approximate surface area is 121 Å². The van der Waals surface area contributed by atoms with E-state index in [0.29, 0.717) is 19.6 Å². The molecule has 7 nitrogen and oxygen atoms in total. The Hall–Kier alpha value is -0.963. The van der Waals surface area contributed by atoms with Gasteiger partial charge >= 0.3 is 21.2 Å². The summed E-state index contributed by atoms with van der Waals surface area (Å²) in [7, 11) is -2.08. The number of aliphatic carboxylic acids is 2. The zero-order valence-corrected chi connectivity index (χ0v) is 13.4. The lowest BCUT2D eigenvalue weighted by atomic mass is 10.2. The van der Waals surface area contributed by atoms with Crippen LogP contribution in [0.15, 0.2) is 0 Å². The van der Waals surface area contributed by atoms with Crippen molar-refractivity contribution < 1.29 is 28.7 Å². The fraction of sp³-hybridized carbons (Fsp3) is 0.833. The molecule has 0 aromatic rings. The number of hydrogen-bond acceptors (Lipinski definition) is 5. The molecule has 3 N–H and O–H groups in total. The van der Waals surface area contributed by atoms with Crippen molar-refractivity contribution >= 4 is 21.2 Å². The van der Waals surface area contributed by atoms with Gasteiger partial charge in [-0.2, -0.15) is 0 Å². The molecule has 0 heterocycles. The van der Waals surface area contributed by atoms with E-state index in [4.69, 9.17) is 19.1 Å². The predicted molar refractivity (Wildman–Crippen MR) is 75.9 cm³/mol. The molecule has 0 aliphatic rings. The SMILES string of the molecule is CCCC(NC(CC(=O)O)C(=O)O)[SiH](OCC)OCC. The van der Waals surface area contributed by atoms with Crippen LogP contribution in [0.5, 0.6) is 0 Å². The quantitative estimate of drug-likeness (QED) is 0.451. The van der Waals surface area contributed by atoms with Crippen molar-refractivity contribution in [1.29, 1.82) is 0 Å². The van der Waals surface area contributed by atoms with E-state index < -0.39 is 33.7 Å². The van der Waals surface area contributed by atoms with Crippen molar-refractivity contribution in [2.75, 3.05) is 13.2 Å². The van der Waals surface area contributed by atoms with Crippen molar-refractivity contribution in [2.45, 2.75) is 51.7 Å². The Morgan fingerprint density at radius 2 is 1.70 bits per heavy atom. The number of rotatable bonds is 12. The molecule has 2 unspecified atom stereocenters. The summed E-state index contributed by atoms with van der Waals surface area (Å²) in [6.45, 7) is 6.68. The Bertz CT molecular complexity index is 296. The van der Waals surface area contributed by atoms with Crippen molar-refractivity contribution in [3.05, 3.63) is 0 Å². The van der Waals surface area contributed by atoms with Crippen LogP contribution in [0.2, 0.25) is 0 Å². The first-order valence-corrected chi connectivity index (χ1v) is 8.50. The summed E-state index contributed by atoms with van der Waals surface area (Å²) in [4.78, 5) is 21.8. The van der Waals surface area contributed by atoms with E-state index in [0.717, 1.165) is 6.42 Å². The van der Waals surface area contributed by atoms with Crippen LogP contribution < -0.4 is 5.32 Å². The van der Waals surface area contributed by atoms with Crippen LogP contribution in [0.4, 0.5) is 0 Å².